The first-order chi connectivity index (χ1) is 6.25. The van der Waals surface area contributed by atoms with Crippen LogP contribution in [0, 0.1) is 17.8 Å². The second-order valence-electron chi connectivity index (χ2n) is 4.42. The zero-order chi connectivity index (χ0) is 9.68. The normalized spacial score (nSPS) is 22.2. The van der Waals surface area contributed by atoms with Gasteiger partial charge < -0.3 is 10.1 Å². The Hall–Kier alpha value is -0.0800. The summed E-state index contributed by atoms with van der Waals surface area (Å²) in [6.07, 6.45) is 2.51. The minimum Gasteiger partial charge on any atom is -0.381 e. The van der Waals surface area contributed by atoms with E-state index in [4.69, 9.17) is 4.74 Å². The van der Waals surface area contributed by atoms with Crippen LogP contribution in [0.2, 0.25) is 0 Å². The predicted octanol–water partition coefficient (Wildman–Crippen LogP) is 1.90. The third kappa shape index (κ3) is 3.28. The lowest BCUT2D eigenvalue weighted by Crippen LogP contribution is -2.33. The Morgan fingerprint density at radius 3 is 2.38 bits per heavy atom. The van der Waals surface area contributed by atoms with Gasteiger partial charge in [-0.2, -0.15) is 0 Å². The fourth-order valence-corrected chi connectivity index (χ4v) is 2.33. The van der Waals surface area contributed by atoms with E-state index in [1.54, 1.807) is 0 Å². The molecular formula is C11H23NO. The predicted molar refractivity (Wildman–Crippen MR) is 55.8 cm³/mol. The van der Waals surface area contributed by atoms with Crippen molar-refractivity contribution in [3.63, 3.8) is 0 Å². The van der Waals surface area contributed by atoms with Crippen LogP contribution in [-0.4, -0.2) is 26.8 Å². The first-order valence-corrected chi connectivity index (χ1v) is 5.48. The van der Waals surface area contributed by atoms with Crippen LogP contribution in [0.1, 0.15) is 26.7 Å². The van der Waals surface area contributed by atoms with Crippen LogP contribution in [0.5, 0.6) is 0 Å². The molecule has 1 fully saturated rings. The number of rotatable bonds is 4. The van der Waals surface area contributed by atoms with Crippen molar-refractivity contribution in [1.29, 1.82) is 0 Å². The van der Waals surface area contributed by atoms with Gasteiger partial charge in [0.2, 0.25) is 0 Å². The van der Waals surface area contributed by atoms with Crippen LogP contribution < -0.4 is 5.32 Å². The van der Waals surface area contributed by atoms with Crippen LogP contribution in [0.25, 0.3) is 0 Å². The number of hydrogen-bond donors (Lipinski definition) is 1. The lowest BCUT2D eigenvalue weighted by molar-refractivity contribution is 0.0378. The lowest BCUT2D eigenvalue weighted by Gasteiger charge is -2.32. The Bertz CT molecular complexity index is 130. The molecule has 0 saturated carbocycles. The second kappa shape index (κ2) is 5.61. The summed E-state index contributed by atoms with van der Waals surface area (Å²) in [6.45, 7) is 7.76. The summed E-state index contributed by atoms with van der Waals surface area (Å²) >= 11 is 0. The van der Waals surface area contributed by atoms with E-state index in [0.29, 0.717) is 0 Å². The minimum absolute atomic E-state index is 0.788. The highest BCUT2D eigenvalue weighted by Crippen LogP contribution is 2.28. The molecule has 0 radical (unpaired) electrons. The summed E-state index contributed by atoms with van der Waals surface area (Å²) in [5.41, 5.74) is 0. The number of hydrogen-bond acceptors (Lipinski definition) is 2. The minimum atomic E-state index is 0.788. The molecule has 1 N–H and O–H groups in total. The molecule has 0 spiro atoms. The van der Waals surface area contributed by atoms with E-state index in [1.807, 2.05) is 0 Å². The van der Waals surface area contributed by atoms with Crippen LogP contribution in [0.15, 0.2) is 0 Å². The fraction of sp³-hybridized carbons (Fsp3) is 1.00. The van der Waals surface area contributed by atoms with E-state index < -0.39 is 0 Å². The number of nitrogens with one attached hydrogen (secondary N) is 1. The van der Waals surface area contributed by atoms with E-state index >= 15 is 0 Å². The molecule has 0 aliphatic carbocycles. The van der Waals surface area contributed by atoms with E-state index in [1.165, 1.54) is 12.8 Å². The Morgan fingerprint density at radius 2 is 1.92 bits per heavy atom. The molecule has 1 unspecified atom stereocenters. The maximum absolute atomic E-state index is 5.39. The molecule has 0 bridgehead atoms. The molecule has 0 aromatic heterocycles. The molecule has 1 aliphatic rings. The van der Waals surface area contributed by atoms with Crippen molar-refractivity contribution < 1.29 is 4.74 Å². The van der Waals surface area contributed by atoms with Gasteiger partial charge in [0.05, 0.1) is 0 Å². The largest absolute Gasteiger partial charge is 0.381 e. The van der Waals surface area contributed by atoms with Gasteiger partial charge in [-0.3, -0.25) is 0 Å². The molecule has 0 aromatic rings. The molecule has 78 valence electrons. The smallest absolute Gasteiger partial charge is 0.0468 e. The summed E-state index contributed by atoms with van der Waals surface area (Å²) < 4.78 is 5.39. The average Bonchev–Trinajstić information content (AvgIpc) is 2.15. The molecule has 2 heteroatoms. The quantitative estimate of drug-likeness (QED) is 0.722. The summed E-state index contributed by atoms with van der Waals surface area (Å²) in [5.74, 6) is 2.49. The first-order valence-electron chi connectivity index (χ1n) is 5.48. The SMILES string of the molecule is CNCC(C(C)C)C1CCOCC1. The molecule has 0 amide bonds. The maximum atomic E-state index is 5.39. The molecule has 1 rings (SSSR count). The van der Waals surface area contributed by atoms with Crippen molar-refractivity contribution in [2.24, 2.45) is 17.8 Å². The standard InChI is InChI=1S/C11H23NO/c1-9(2)11(8-12-3)10-4-6-13-7-5-10/h9-12H,4-8H2,1-3H3. The lowest BCUT2D eigenvalue weighted by atomic mass is 9.79. The first kappa shape index (κ1) is 11.0. The molecule has 0 aromatic carbocycles. The fourth-order valence-electron chi connectivity index (χ4n) is 2.33. The van der Waals surface area contributed by atoms with Crippen LogP contribution >= 0.6 is 0 Å². The van der Waals surface area contributed by atoms with Crippen molar-refractivity contribution in [2.45, 2.75) is 26.7 Å². The van der Waals surface area contributed by atoms with E-state index in [-0.39, 0.29) is 0 Å². The second-order valence-corrected chi connectivity index (χ2v) is 4.42. The third-order valence-corrected chi connectivity index (χ3v) is 3.17. The van der Waals surface area contributed by atoms with Crippen LogP contribution in [0.3, 0.4) is 0 Å². The van der Waals surface area contributed by atoms with Gasteiger partial charge in [-0.25, -0.2) is 0 Å². The van der Waals surface area contributed by atoms with Gasteiger partial charge in [0.25, 0.3) is 0 Å². The van der Waals surface area contributed by atoms with Crippen molar-refractivity contribution in [3.8, 4) is 0 Å². The molecule has 1 atom stereocenters. The van der Waals surface area contributed by atoms with Gasteiger partial charge in [0.1, 0.15) is 0 Å². The summed E-state index contributed by atoms with van der Waals surface area (Å²) in [6, 6.07) is 0. The van der Waals surface area contributed by atoms with Crippen molar-refractivity contribution in [3.05, 3.63) is 0 Å². The zero-order valence-electron chi connectivity index (χ0n) is 9.18. The molecule has 2 nitrogen and oxygen atoms in total. The third-order valence-electron chi connectivity index (χ3n) is 3.17. The molecular weight excluding hydrogens is 162 g/mol. The van der Waals surface area contributed by atoms with E-state index in [2.05, 4.69) is 26.2 Å². The van der Waals surface area contributed by atoms with Gasteiger partial charge >= 0.3 is 0 Å². The Morgan fingerprint density at radius 1 is 1.31 bits per heavy atom. The number of ether oxygens (including phenoxy) is 1. The Kier molecular flexibility index (Phi) is 4.74. The van der Waals surface area contributed by atoms with Gasteiger partial charge in [0.15, 0.2) is 0 Å². The average molecular weight is 185 g/mol. The Balaban J connectivity index is 2.41. The van der Waals surface area contributed by atoms with Crippen molar-refractivity contribution >= 4 is 0 Å². The highest BCUT2D eigenvalue weighted by molar-refractivity contribution is 4.76. The van der Waals surface area contributed by atoms with E-state index in [9.17, 15) is 0 Å². The molecule has 13 heavy (non-hydrogen) atoms. The van der Waals surface area contributed by atoms with Gasteiger partial charge in [-0.1, -0.05) is 13.8 Å². The highest BCUT2D eigenvalue weighted by atomic mass is 16.5. The molecule has 1 aliphatic heterocycles. The van der Waals surface area contributed by atoms with Crippen LogP contribution in [0.4, 0.5) is 0 Å². The zero-order valence-corrected chi connectivity index (χ0v) is 9.18. The molecule has 1 heterocycles. The summed E-state index contributed by atoms with van der Waals surface area (Å²) in [5, 5.41) is 3.31. The van der Waals surface area contributed by atoms with Crippen molar-refractivity contribution in [1.82, 2.24) is 5.32 Å². The van der Waals surface area contributed by atoms with Gasteiger partial charge in [-0.05, 0) is 44.2 Å². The highest BCUT2D eigenvalue weighted by Gasteiger charge is 2.25. The Labute approximate surface area is 82.0 Å². The van der Waals surface area contributed by atoms with Gasteiger partial charge in [0, 0.05) is 13.2 Å². The molecule has 1 saturated heterocycles. The summed E-state index contributed by atoms with van der Waals surface area (Å²) in [4.78, 5) is 0. The van der Waals surface area contributed by atoms with Gasteiger partial charge in [-0.15, -0.1) is 0 Å². The summed E-state index contributed by atoms with van der Waals surface area (Å²) in [7, 11) is 2.05. The monoisotopic (exact) mass is 185 g/mol. The van der Waals surface area contributed by atoms with Crippen molar-refractivity contribution in [2.75, 3.05) is 26.8 Å². The van der Waals surface area contributed by atoms with E-state index in [0.717, 1.165) is 37.5 Å². The van der Waals surface area contributed by atoms with Crippen LogP contribution in [-0.2, 0) is 4.74 Å². The maximum Gasteiger partial charge on any atom is 0.0468 e. The topological polar surface area (TPSA) is 21.3 Å².